The number of fused-ring (bicyclic) bond motifs is 1. The molecule has 0 aliphatic carbocycles. The van der Waals surface area contributed by atoms with E-state index < -0.39 is 5.82 Å². The molecule has 2 aromatic carbocycles. The molecule has 0 spiro atoms. The number of halogens is 2. The molecule has 0 unspecified atom stereocenters. The van der Waals surface area contributed by atoms with E-state index in [1.54, 1.807) is 28.9 Å². The van der Waals surface area contributed by atoms with Crippen LogP contribution in [-0.4, -0.2) is 30.5 Å². The highest BCUT2D eigenvalue weighted by molar-refractivity contribution is 6.30. The number of carbonyl (C=O) groups excluding carboxylic acids is 1. The molecule has 5 rings (SSSR count). The monoisotopic (exact) mass is 492 g/mol. The van der Waals surface area contributed by atoms with Crippen molar-refractivity contribution in [1.82, 2.24) is 24.5 Å². The van der Waals surface area contributed by atoms with Gasteiger partial charge < -0.3 is 9.88 Å². The number of amides is 1. The van der Waals surface area contributed by atoms with E-state index >= 15 is 0 Å². The molecule has 0 atom stereocenters. The molecule has 7 nitrogen and oxygen atoms in total. The van der Waals surface area contributed by atoms with Gasteiger partial charge in [0.05, 0.1) is 23.5 Å². The Kier molecular flexibility index (Phi) is 6.38. The third-order valence-corrected chi connectivity index (χ3v) is 6.71. The van der Waals surface area contributed by atoms with E-state index in [9.17, 15) is 9.18 Å². The molecule has 4 aromatic rings. The Morgan fingerprint density at radius 1 is 1.09 bits per heavy atom. The zero-order valence-corrected chi connectivity index (χ0v) is 20.4. The summed E-state index contributed by atoms with van der Waals surface area (Å²) in [6, 6.07) is 12.0. The first-order chi connectivity index (χ1) is 16.9. The van der Waals surface area contributed by atoms with Gasteiger partial charge in [0, 0.05) is 34.8 Å². The summed E-state index contributed by atoms with van der Waals surface area (Å²) in [7, 11) is 0. The van der Waals surface area contributed by atoms with Crippen molar-refractivity contribution in [2.24, 2.45) is 0 Å². The summed E-state index contributed by atoms with van der Waals surface area (Å²) in [6.07, 6.45) is 4.28. The first kappa shape index (κ1) is 23.2. The van der Waals surface area contributed by atoms with Crippen molar-refractivity contribution in [3.05, 3.63) is 76.1 Å². The zero-order valence-electron chi connectivity index (χ0n) is 19.7. The molecule has 0 bridgehead atoms. The van der Waals surface area contributed by atoms with Crippen LogP contribution in [0.15, 0.2) is 42.5 Å². The lowest BCUT2D eigenvalue weighted by molar-refractivity contribution is -0.115. The number of hydrogen-bond acceptors (Lipinski definition) is 4. The van der Waals surface area contributed by atoms with Gasteiger partial charge in [-0.15, -0.1) is 10.2 Å². The quantitative estimate of drug-likeness (QED) is 0.402. The number of benzene rings is 2. The molecule has 0 fully saturated rings. The molecule has 180 valence electrons. The fourth-order valence-corrected chi connectivity index (χ4v) is 4.70. The number of nitrogens with one attached hydrogen (secondary N) is 1. The van der Waals surface area contributed by atoms with Crippen LogP contribution in [0.3, 0.4) is 0 Å². The zero-order chi connectivity index (χ0) is 24.5. The minimum Gasteiger partial charge on any atom is -0.323 e. The molecule has 35 heavy (non-hydrogen) atoms. The van der Waals surface area contributed by atoms with Crippen molar-refractivity contribution in [3.63, 3.8) is 0 Å². The van der Waals surface area contributed by atoms with Crippen molar-refractivity contribution in [2.45, 2.75) is 52.5 Å². The van der Waals surface area contributed by atoms with E-state index in [0.29, 0.717) is 10.8 Å². The van der Waals surface area contributed by atoms with Gasteiger partial charge in [-0.05, 0) is 69.2 Å². The standard InChI is InChI=1S/C26H26ClFN6O/c1-16-21(17(2)34(32-16)20-10-8-19(27)9-11-20)15-25(35)29-23-14-18(7-12-22(23)28)26-31-30-24-6-4-3-5-13-33(24)26/h7-12,14H,3-6,13,15H2,1-2H3,(H,29,35). The molecule has 0 saturated heterocycles. The molecule has 3 heterocycles. The lowest BCUT2D eigenvalue weighted by Crippen LogP contribution is -2.16. The Bertz CT molecular complexity index is 1390. The summed E-state index contributed by atoms with van der Waals surface area (Å²) in [5.41, 5.74) is 4.10. The van der Waals surface area contributed by atoms with Gasteiger partial charge in [0.2, 0.25) is 5.91 Å². The number of aryl methyl sites for hydroxylation is 2. The third-order valence-electron chi connectivity index (χ3n) is 6.46. The summed E-state index contributed by atoms with van der Waals surface area (Å²) in [6.45, 7) is 4.61. The Labute approximate surface area is 207 Å². The first-order valence-electron chi connectivity index (χ1n) is 11.7. The predicted octanol–water partition coefficient (Wildman–Crippen LogP) is 5.45. The van der Waals surface area contributed by atoms with E-state index in [-0.39, 0.29) is 18.0 Å². The van der Waals surface area contributed by atoms with Crippen LogP contribution >= 0.6 is 11.6 Å². The second-order valence-electron chi connectivity index (χ2n) is 8.86. The van der Waals surface area contributed by atoms with Gasteiger partial charge in [-0.25, -0.2) is 9.07 Å². The lowest BCUT2D eigenvalue weighted by atomic mass is 10.1. The molecule has 0 radical (unpaired) electrons. The number of rotatable bonds is 5. The van der Waals surface area contributed by atoms with Crippen molar-refractivity contribution >= 4 is 23.2 Å². The van der Waals surface area contributed by atoms with Crippen LogP contribution in [-0.2, 0) is 24.2 Å². The van der Waals surface area contributed by atoms with Crippen LogP contribution in [0.4, 0.5) is 10.1 Å². The topological polar surface area (TPSA) is 77.6 Å². The largest absolute Gasteiger partial charge is 0.323 e. The highest BCUT2D eigenvalue weighted by Crippen LogP contribution is 2.27. The molecule has 2 aromatic heterocycles. The predicted molar refractivity (Wildman–Crippen MR) is 133 cm³/mol. The second-order valence-corrected chi connectivity index (χ2v) is 9.30. The molecule has 1 amide bonds. The van der Waals surface area contributed by atoms with Gasteiger partial charge in [0.15, 0.2) is 5.82 Å². The fraction of sp³-hybridized carbons (Fsp3) is 0.308. The average Bonchev–Trinajstić information content (AvgIpc) is 3.26. The average molecular weight is 493 g/mol. The molecular formula is C26H26ClFN6O. The molecule has 1 aliphatic rings. The molecular weight excluding hydrogens is 467 g/mol. The van der Waals surface area contributed by atoms with Gasteiger partial charge in [-0.3, -0.25) is 4.79 Å². The molecule has 9 heteroatoms. The summed E-state index contributed by atoms with van der Waals surface area (Å²) in [4.78, 5) is 12.9. The van der Waals surface area contributed by atoms with Crippen LogP contribution in [0.5, 0.6) is 0 Å². The molecule has 1 N–H and O–H groups in total. The SMILES string of the molecule is Cc1nn(-c2ccc(Cl)cc2)c(C)c1CC(=O)Nc1cc(-c2nnc3n2CCCCC3)ccc1F. The second kappa shape index (κ2) is 9.62. The normalized spacial score (nSPS) is 13.4. The molecule has 0 saturated carbocycles. The van der Waals surface area contributed by atoms with Gasteiger partial charge in [-0.1, -0.05) is 18.0 Å². The van der Waals surface area contributed by atoms with Gasteiger partial charge >= 0.3 is 0 Å². The Hall–Kier alpha value is -3.52. The maximum absolute atomic E-state index is 14.6. The number of nitrogens with zero attached hydrogens (tertiary/aromatic N) is 5. The maximum atomic E-state index is 14.6. The van der Waals surface area contributed by atoms with Gasteiger partial charge in [0.25, 0.3) is 0 Å². The fourth-order valence-electron chi connectivity index (χ4n) is 4.58. The minimum absolute atomic E-state index is 0.0786. The Balaban J connectivity index is 1.37. The van der Waals surface area contributed by atoms with E-state index in [1.807, 2.05) is 26.0 Å². The summed E-state index contributed by atoms with van der Waals surface area (Å²) in [5.74, 6) is 0.843. The van der Waals surface area contributed by atoms with Crippen molar-refractivity contribution in [1.29, 1.82) is 0 Å². The third kappa shape index (κ3) is 4.71. The smallest absolute Gasteiger partial charge is 0.229 e. The van der Waals surface area contributed by atoms with Crippen LogP contribution in [0, 0.1) is 19.7 Å². The number of carbonyl (C=O) groups is 1. The summed E-state index contributed by atoms with van der Waals surface area (Å²) < 4.78 is 18.5. The highest BCUT2D eigenvalue weighted by atomic mass is 35.5. The van der Waals surface area contributed by atoms with Crippen LogP contribution in [0.25, 0.3) is 17.1 Å². The summed E-state index contributed by atoms with van der Waals surface area (Å²) in [5, 5.41) is 16.6. The van der Waals surface area contributed by atoms with E-state index in [0.717, 1.165) is 66.3 Å². The maximum Gasteiger partial charge on any atom is 0.229 e. The van der Waals surface area contributed by atoms with Crippen molar-refractivity contribution < 1.29 is 9.18 Å². The number of anilines is 1. The first-order valence-corrected chi connectivity index (χ1v) is 12.1. The van der Waals surface area contributed by atoms with Crippen LogP contribution in [0.2, 0.25) is 5.02 Å². The molecule has 1 aliphatic heterocycles. The van der Waals surface area contributed by atoms with E-state index in [4.69, 9.17) is 11.6 Å². The number of hydrogen-bond donors (Lipinski definition) is 1. The van der Waals surface area contributed by atoms with E-state index in [2.05, 4.69) is 25.2 Å². The van der Waals surface area contributed by atoms with Crippen molar-refractivity contribution in [3.8, 4) is 17.1 Å². The van der Waals surface area contributed by atoms with E-state index in [1.165, 1.54) is 6.07 Å². The van der Waals surface area contributed by atoms with Crippen molar-refractivity contribution in [2.75, 3.05) is 5.32 Å². The minimum atomic E-state index is -0.497. The Morgan fingerprint density at radius 2 is 1.89 bits per heavy atom. The van der Waals surface area contributed by atoms with Crippen LogP contribution < -0.4 is 5.32 Å². The van der Waals surface area contributed by atoms with Gasteiger partial charge in [-0.2, -0.15) is 5.10 Å². The lowest BCUT2D eigenvalue weighted by Gasteiger charge is -2.11. The summed E-state index contributed by atoms with van der Waals surface area (Å²) >= 11 is 6.00. The number of aromatic nitrogens is 5. The highest BCUT2D eigenvalue weighted by Gasteiger charge is 2.20. The van der Waals surface area contributed by atoms with Crippen LogP contribution in [0.1, 0.15) is 42.0 Å². The van der Waals surface area contributed by atoms with Gasteiger partial charge in [0.1, 0.15) is 11.6 Å². The Morgan fingerprint density at radius 3 is 2.69 bits per heavy atom.